The number of pyridine rings is 1. The number of anilines is 1. The molecule has 0 bridgehead atoms. The highest BCUT2D eigenvalue weighted by atomic mass is 19.1. The Kier molecular flexibility index (Phi) is 5.85. The van der Waals surface area contributed by atoms with E-state index in [2.05, 4.69) is 40.0 Å². The van der Waals surface area contributed by atoms with E-state index in [1.807, 2.05) is 0 Å². The van der Waals surface area contributed by atoms with Crippen molar-refractivity contribution in [2.45, 2.75) is 45.2 Å². The summed E-state index contributed by atoms with van der Waals surface area (Å²) in [7, 11) is 0. The van der Waals surface area contributed by atoms with Crippen molar-refractivity contribution >= 4 is 5.82 Å². The van der Waals surface area contributed by atoms with Gasteiger partial charge in [0.2, 0.25) is 0 Å². The molecule has 2 aliphatic rings. The van der Waals surface area contributed by atoms with Crippen molar-refractivity contribution in [3.8, 4) is 0 Å². The third kappa shape index (κ3) is 4.54. The lowest BCUT2D eigenvalue weighted by Gasteiger charge is -2.33. The van der Waals surface area contributed by atoms with Crippen LogP contribution in [0.2, 0.25) is 0 Å². The first-order valence-corrected chi connectivity index (χ1v) is 9.09. The number of nitrogens with zero attached hydrogens (tertiary/aromatic N) is 3. The molecule has 1 atom stereocenters. The van der Waals surface area contributed by atoms with Gasteiger partial charge in [0, 0.05) is 37.9 Å². The number of aromatic nitrogens is 1. The van der Waals surface area contributed by atoms with E-state index in [0.717, 1.165) is 39.1 Å². The number of halogens is 1. The zero-order valence-corrected chi connectivity index (χ0v) is 14.8. The molecule has 2 aliphatic heterocycles. The van der Waals surface area contributed by atoms with Crippen molar-refractivity contribution in [3.05, 3.63) is 35.8 Å². The summed E-state index contributed by atoms with van der Waals surface area (Å²) >= 11 is 0. The van der Waals surface area contributed by atoms with E-state index in [1.165, 1.54) is 24.5 Å². The van der Waals surface area contributed by atoms with E-state index in [1.54, 1.807) is 12.3 Å². The van der Waals surface area contributed by atoms with Gasteiger partial charge in [-0.05, 0) is 58.3 Å². The molecule has 2 fully saturated rings. The molecule has 5 heteroatoms. The Morgan fingerprint density at radius 2 is 2.00 bits per heavy atom. The second kappa shape index (κ2) is 8.08. The Labute approximate surface area is 144 Å². The molecule has 0 radical (unpaired) electrons. The van der Waals surface area contributed by atoms with E-state index >= 15 is 0 Å². The maximum Gasteiger partial charge on any atom is 0.165 e. The standard InChI is InChI=1S/C19H29FN4/c1-15(2)5-10-23-11-6-16(7-12-23)22-17-8-13-24(14-17)19-18(20)4-3-9-21-19/h3-5,9,16-17,22H,6-8,10-14H2,1-2H3/t17-/m0/s1. The predicted octanol–water partition coefficient (Wildman–Crippen LogP) is 2.82. The first-order chi connectivity index (χ1) is 11.6. The topological polar surface area (TPSA) is 31.4 Å². The molecule has 3 heterocycles. The maximum atomic E-state index is 13.9. The molecule has 1 N–H and O–H groups in total. The number of rotatable bonds is 5. The minimum absolute atomic E-state index is 0.217. The van der Waals surface area contributed by atoms with Gasteiger partial charge in [0.25, 0.3) is 0 Å². The lowest BCUT2D eigenvalue weighted by molar-refractivity contribution is 0.208. The summed E-state index contributed by atoms with van der Waals surface area (Å²) in [5.74, 6) is 0.282. The lowest BCUT2D eigenvalue weighted by atomic mass is 10.0. The minimum atomic E-state index is -0.217. The third-order valence-electron chi connectivity index (χ3n) is 5.04. The molecule has 2 saturated heterocycles. The molecule has 0 saturated carbocycles. The van der Waals surface area contributed by atoms with Crippen molar-refractivity contribution < 1.29 is 4.39 Å². The summed E-state index contributed by atoms with van der Waals surface area (Å²) in [5, 5.41) is 3.79. The van der Waals surface area contributed by atoms with E-state index < -0.39 is 0 Å². The fraction of sp³-hybridized carbons (Fsp3) is 0.632. The van der Waals surface area contributed by atoms with Crippen LogP contribution in [0, 0.1) is 5.82 Å². The zero-order valence-electron chi connectivity index (χ0n) is 14.8. The molecule has 0 spiro atoms. The smallest absolute Gasteiger partial charge is 0.165 e. The summed E-state index contributed by atoms with van der Waals surface area (Å²) in [4.78, 5) is 8.79. The van der Waals surface area contributed by atoms with E-state index in [0.29, 0.717) is 17.9 Å². The molecule has 3 rings (SSSR count). The van der Waals surface area contributed by atoms with Crippen LogP contribution in [-0.4, -0.2) is 54.7 Å². The quantitative estimate of drug-likeness (QED) is 0.840. The monoisotopic (exact) mass is 332 g/mol. The number of hydrogen-bond acceptors (Lipinski definition) is 4. The number of likely N-dealkylation sites (tertiary alicyclic amines) is 1. The molecule has 0 unspecified atom stereocenters. The summed E-state index contributed by atoms with van der Waals surface area (Å²) in [6.07, 6.45) is 7.44. The summed E-state index contributed by atoms with van der Waals surface area (Å²) in [5.41, 5.74) is 1.39. The molecular formula is C19H29FN4. The number of allylic oxidation sites excluding steroid dienone is 1. The van der Waals surface area contributed by atoms with Crippen molar-refractivity contribution in [1.82, 2.24) is 15.2 Å². The van der Waals surface area contributed by atoms with Gasteiger partial charge in [-0.25, -0.2) is 9.37 Å². The van der Waals surface area contributed by atoms with Crippen LogP contribution in [0.4, 0.5) is 10.2 Å². The summed E-state index contributed by atoms with van der Waals surface area (Å²) in [6.45, 7) is 9.44. The van der Waals surface area contributed by atoms with Crippen LogP contribution < -0.4 is 10.2 Å². The van der Waals surface area contributed by atoms with Crippen molar-refractivity contribution in [1.29, 1.82) is 0 Å². The summed E-state index contributed by atoms with van der Waals surface area (Å²) in [6, 6.07) is 4.17. The summed E-state index contributed by atoms with van der Waals surface area (Å²) < 4.78 is 13.9. The van der Waals surface area contributed by atoms with Gasteiger partial charge in [-0.15, -0.1) is 0 Å². The predicted molar refractivity (Wildman–Crippen MR) is 96.8 cm³/mol. The van der Waals surface area contributed by atoms with Crippen LogP contribution in [0.15, 0.2) is 30.0 Å². The third-order valence-corrected chi connectivity index (χ3v) is 5.04. The minimum Gasteiger partial charge on any atom is -0.353 e. The van der Waals surface area contributed by atoms with Crippen LogP contribution in [0.25, 0.3) is 0 Å². The highest BCUT2D eigenvalue weighted by molar-refractivity contribution is 5.41. The first kappa shape index (κ1) is 17.4. The van der Waals surface area contributed by atoms with Crippen LogP contribution in [-0.2, 0) is 0 Å². The van der Waals surface area contributed by atoms with Gasteiger partial charge in [-0.3, -0.25) is 4.90 Å². The van der Waals surface area contributed by atoms with Gasteiger partial charge >= 0.3 is 0 Å². The number of piperidine rings is 1. The molecule has 1 aromatic heterocycles. The SMILES string of the molecule is CC(C)=CCN1CCC(N[C@H]2CCN(c3ncccc3F)C2)CC1. The Hall–Kier alpha value is -1.46. The molecule has 1 aromatic rings. The normalized spacial score (nSPS) is 22.8. The van der Waals surface area contributed by atoms with E-state index in [-0.39, 0.29) is 5.82 Å². The Morgan fingerprint density at radius 3 is 2.71 bits per heavy atom. The number of hydrogen-bond donors (Lipinski definition) is 1. The van der Waals surface area contributed by atoms with Gasteiger partial charge in [0.15, 0.2) is 11.6 Å². The molecule has 4 nitrogen and oxygen atoms in total. The van der Waals surface area contributed by atoms with Gasteiger partial charge < -0.3 is 10.2 Å². The average Bonchev–Trinajstić information content (AvgIpc) is 3.03. The van der Waals surface area contributed by atoms with Gasteiger partial charge in [-0.2, -0.15) is 0 Å². The Balaban J connectivity index is 1.44. The van der Waals surface area contributed by atoms with Crippen molar-refractivity contribution in [2.24, 2.45) is 0 Å². The number of nitrogens with one attached hydrogen (secondary N) is 1. The Morgan fingerprint density at radius 1 is 1.25 bits per heavy atom. The lowest BCUT2D eigenvalue weighted by Crippen LogP contribution is -2.47. The van der Waals surface area contributed by atoms with Crippen LogP contribution >= 0.6 is 0 Å². The zero-order chi connectivity index (χ0) is 16.9. The van der Waals surface area contributed by atoms with Crippen LogP contribution in [0.3, 0.4) is 0 Å². The largest absolute Gasteiger partial charge is 0.353 e. The van der Waals surface area contributed by atoms with Crippen molar-refractivity contribution in [2.75, 3.05) is 37.6 Å². The van der Waals surface area contributed by atoms with Crippen LogP contribution in [0.5, 0.6) is 0 Å². The van der Waals surface area contributed by atoms with Gasteiger partial charge in [-0.1, -0.05) is 11.6 Å². The second-order valence-electron chi connectivity index (χ2n) is 7.26. The Bertz CT molecular complexity index is 562. The fourth-order valence-corrected chi connectivity index (χ4v) is 3.63. The first-order valence-electron chi connectivity index (χ1n) is 9.09. The van der Waals surface area contributed by atoms with Gasteiger partial charge in [0.05, 0.1) is 0 Å². The van der Waals surface area contributed by atoms with E-state index in [9.17, 15) is 4.39 Å². The fourth-order valence-electron chi connectivity index (χ4n) is 3.63. The molecule has 0 aliphatic carbocycles. The van der Waals surface area contributed by atoms with E-state index in [4.69, 9.17) is 0 Å². The van der Waals surface area contributed by atoms with Crippen molar-refractivity contribution in [3.63, 3.8) is 0 Å². The highest BCUT2D eigenvalue weighted by Crippen LogP contribution is 2.22. The molecule has 0 aromatic carbocycles. The molecule has 24 heavy (non-hydrogen) atoms. The highest BCUT2D eigenvalue weighted by Gasteiger charge is 2.28. The average molecular weight is 332 g/mol. The maximum absolute atomic E-state index is 13.9. The molecule has 0 amide bonds. The van der Waals surface area contributed by atoms with Crippen LogP contribution in [0.1, 0.15) is 33.1 Å². The second-order valence-corrected chi connectivity index (χ2v) is 7.26. The van der Waals surface area contributed by atoms with Gasteiger partial charge in [0.1, 0.15) is 0 Å². The molecule has 132 valence electrons. The molecular weight excluding hydrogens is 303 g/mol.